The molecule has 0 aliphatic carbocycles. The predicted octanol–water partition coefficient (Wildman–Crippen LogP) is 2.64. The van der Waals surface area contributed by atoms with E-state index in [-0.39, 0.29) is 12.5 Å². The number of aliphatic hydroxyl groups excluding tert-OH is 1. The van der Waals surface area contributed by atoms with Crippen LogP contribution in [0.4, 0.5) is 0 Å². The second-order valence-corrected chi connectivity index (χ2v) is 5.58. The van der Waals surface area contributed by atoms with Crippen LogP contribution >= 0.6 is 0 Å². The van der Waals surface area contributed by atoms with Gasteiger partial charge >= 0.3 is 0 Å². The summed E-state index contributed by atoms with van der Waals surface area (Å²) in [4.78, 5) is 12.3. The summed E-state index contributed by atoms with van der Waals surface area (Å²) in [6, 6.07) is 16.6. The van der Waals surface area contributed by atoms with Crippen molar-refractivity contribution in [3.05, 3.63) is 83.7 Å². The van der Waals surface area contributed by atoms with Gasteiger partial charge in [-0.05, 0) is 42.3 Å². The molecule has 24 heavy (non-hydrogen) atoms. The first kappa shape index (κ1) is 16.0. The highest BCUT2D eigenvalue weighted by molar-refractivity contribution is 5.94. The molecule has 5 nitrogen and oxygen atoms in total. The first-order valence-corrected chi connectivity index (χ1v) is 7.77. The number of carbonyl (C=O) groups excluding carboxylic acids is 1. The predicted molar refractivity (Wildman–Crippen MR) is 92.0 cm³/mol. The molecule has 1 atom stereocenters. The number of rotatable bonds is 5. The van der Waals surface area contributed by atoms with Crippen LogP contribution in [-0.2, 0) is 0 Å². The molecular weight excluding hydrogens is 302 g/mol. The lowest BCUT2D eigenvalue weighted by Crippen LogP contribution is -2.28. The number of aromatic nitrogens is 2. The third-order valence-electron chi connectivity index (χ3n) is 3.88. The van der Waals surface area contributed by atoms with E-state index >= 15 is 0 Å². The number of nitrogens with one attached hydrogen (secondary N) is 1. The van der Waals surface area contributed by atoms with Crippen molar-refractivity contribution in [2.24, 2.45) is 0 Å². The number of aliphatic hydroxyl groups is 1. The Balaban J connectivity index is 1.67. The minimum Gasteiger partial charge on any atom is -0.387 e. The topological polar surface area (TPSA) is 67.2 Å². The summed E-state index contributed by atoms with van der Waals surface area (Å²) in [5, 5.41) is 17.2. The summed E-state index contributed by atoms with van der Waals surface area (Å²) < 4.78 is 1.69. The Morgan fingerprint density at radius 1 is 1.21 bits per heavy atom. The Morgan fingerprint density at radius 2 is 2.04 bits per heavy atom. The SMILES string of the molecule is Cc1ccccc1C(O)CNC(=O)c1cccc(-n2cccn2)c1. The largest absolute Gasteiger partial charge is 0.387 e. The molecule has 122 valence electrons. The van der Waals surface area contributed by atoms with Gasteiger partial charge in [0.25, 0.3) is 5.91 Å². The van der Waals surface area contributed by atoms with Gasteiger partial charge in [0.15, 0.2) is 0 Å². The van der Waals surface area contributed by atoms with Gasteiger partial charge in [-0.3, -0.25) is 4.79 Å². The van der Waals surface area contributed by atoms with Gasteiger partial charge in [0.1, 0.15) is 0 Å². The van der Waals surface area contributed by atoms with E-state index in [1.165, 1.54) is 0 Å². The van der Waals surface area contributed by atoms with Gasteiger partial charge in [-0.1, -0.05) is 30.3 Å². The maximum absolute atomic E-state index is 12.3. The van der Waals surface area contributed by atoms with Crippen molar-refractivity contribution in [2.75, 3.05) is 6.54 Å². The van der Waals surface area contributed by atoms with Crippen LogP contribution in [-0.4, -0.2) is 27.3 Å². The summed E-state index contributed by atoms with van der Waals surface area (Å²) in [7, 11) is 0. The zero-order chi connectivity index (χ0) is 16.9. The highest BCUT2D eigenvalue weighted by atomic mass is 16.3. The van der Waals surface area contributed by atoms with Gasteiger partial charge in [0.2, 0.25) is 0 Å². The van der Waals surface area contributed by atoms with E-state index in [9.17, 15) is 9.90 Å². The number of benzene rings is 2. The van der Waals surface area contributed by atoms with Crippen molar-refractivity contribution in [3.63, 3.8) is 0 Å². The number of aryl methyl sites for hydroxylation is 1. The second kappa shape index (κ2) is 7.10. The average Bonchev–Trinajstić information content (AvgIpc) is 3.14. The van der Waals surface area contributed by atoms with Crippen LogP contribution in [0.5, 0.6) is 0 Å². The average molecular weight is 321 g/mol. The molecule has 0 aliphatic rings. The zero-order valence-corrected chi connectivity index (χ0v) is 13.4. The molecule has 1 aromatic heterocycles. The van der Waals surface area contributed by atoms with E-state index in [1.807, 2.05) is 55.6 Å². The number of amides is 1. The third kappa shape index (κ3) is 3.52. The normalized spacial score (nSPS) is 11.9. The van der Waals surface area contributed by atoms with Crippen molar-refractivity contribution in [1.82, 2.24) is 15.1 Å². The molecule has 2 aromatic carbocycles. The maximum Gasteiger partial charge on any atom is 0.251 e. The molecule has 1 unspecified atom stereocenters. The van der Waals surface area contributed by atoms with Crippen LogP contribution < -0.4 is 5.32 Å². The first-order valence-electron chi connectivity index (χ1n) is 7.77. The highest BCUT2D eigenvalue weighted by Crippen LogP contribution is 2.16. The lowest BCUT2D eigenvalue weighted by atomic mass is 10.0. The smallest absolute Gasteiger partial charge is 0.251 e. The van der Waals surface area contributed by atoms with Crippen LogP contribution in [0.25, 0.3) is 5.69 Å². The fourth-order valence-corrected chi connectivity index (χ4v) is 2.57. The van der Waals surface area contributed by atoms with Crippen molar-refractivity contribution in [2.45, 2.75) is 13.0 Å². The molecule has 1 heterocycles. The summed E-state index contributed by atoms with van der Waals surface area (Å²) >= 11 is 0. The van der Waals surface area contributed by atoms with Gasteiger partial charge in [-0.2, -0.15) is 5.10 Å². The molecule has 0 saturated heterocycles. The van der Waals surface area contributed by atoms with Gasteiger partial charge in [-0.25, -0.2) is 4.68 Å². The molecule has 0 bridgehead atoms. The molecule has 5 heteroatoms. The zero-order valence-electron chi connectivity index (χ0n) is 13.4. The van der Waals surface area contributed by atoms with Crippen LogP contribution in [0.1, 0.15) is 27.6 Å². The first-order chi connectivity index (χ1) is 11.6. The molecule has 0 fully saturated rings. The van der Waals surface area contributed by atoms with E-state index in [4.69, 9.17) is 0 Å². The van der Waals surface area contributed by atoms with Crippen molar-refractivity contribution in [1.29, 1.82) is 0 Å². The van der Waals surface area contributed by atoms with Gasteiger partial charge in [-0.15, -0.1) is 0 Å². The summed E-state index contributed by atoms with van der Waals surface area (Å²) in [6.07, 6.45) is 2.77. The molecule has 2 N–H and O–H groups in total. The van der Waals surface area contributed by atoms with Crippen molar-refractivity contribution < 1.29 is 9.90 Å². The number of carbonyl (C=O) groups is 1. The van der Waals surface area contributed by atoms with Crippen molar-refractivity contribution in [3.8, 4) is 5.69 Å². The van der Waals surface area contributed by atoms with E-state index in [2.05, 4.69) is 10.4 Å². The van der Waals surface area contributed by atoms with E-state index in [0.29, 0.717) is 5.56 Å². The minimum absolute atomic E-state index is 0.162. The van der Waals surface area contributed by atoms with E-state index < -0.39 is 6.10 Å². The molecule has 0 radical (unpaired) electrons. The van der Waals surface area contributed by atoms with E-state index in [1.54, 1.807) is 23.0 Å². The second-order valence-electron chi connectivity index (χ2n) is 5.58. The fraction of sp³-hybridized carbons (Fsp3) is 0.158. The summed E-state index contributed by atoms with van der Waals surface area (Å²) in [5.41, 5.74) is 3.16. The lowest BCUT2D eigenvalue weighted by Gasteiger charge is -2.14. The Kier molecular flexibility index (Phi) is 4.72. The fourth-order valence-electron chi connectivity index (χ4n) is 2.57. The van der Waals surface area contributed by atoms with E-state index in [0.717, 1.165) is 16.8 Å². The molecule has 3 rings (SSSR count). The molecule has 3 aromatic rings. The minimum atomic E-state index is -0.732. The van der Waals surface area contributed by atoms with Gasteiger partial charge in [0, 0.05) is 24.5 Å². The summed E-state index contributed by atoms with van der Waals surface area (Å²) in [5.74, 6) is -0.225. The summed E-state index contributed by atoms with van der Waals surface area (Å²) in [6.45, 7) is 2.10. The Morgan fingerprint density at radius 3 is 2.79 bits per heavy atom. The quantitative estimate of drug-likeness (QED) is 0.759. The molecule has 0 spiro atoms. The third-order valence-corrected chi connectivity index (χ3v) is 3.88. The van der Waals surface area contributed by atoms with Crippen LogP contribution in [0.15, 0.2) is 67.0 Å². The number of hydrogen-bond donors (Lipinski definition) is 2. The Hall–Kier alpha value is -2.92. The molecule has 0 saturated carbocycles. The van der Waals surface area contributed by atoms with Crippen LogP contribution in [0.2, 0.25) is 0 Å². The van der Waals surface area contributed by atoms with Crippen molar-refractivity contribution >= 4 is 5.91 Å². The Bertz CT molecular complexity index is 828. The highest BCUT2D eigenvalue weighted by Gasteiger charge is 2.13. The van der Waals surface area contributed by atoms with Gasteiger partial charge in [0.05, 0.1) is 11.8 Å². The maximum atomic E-state index is 12.3. The number of nitrogens with zero attached hydrogens (tertiary/aromatic N) is 2. The molecule has 0 aliphatic heterocycles. The lowest BCUT2D eigenvalue weighted by molar-refractivity contribution is 0.0916. The van der Waals surface area contributed by atoms with Crippen LogP contribution in [0.3, 0.4) is 0 Å². The number of hydrogen-bond acceptors (Lipinski definition) is 3. The molecule has 1 amide bonds. The van der Waals surface area contributed by atoms with Crippen LogP contribution in [0, 0.1) is 6.92 Å². The standard InChI is InChI=1S/C19H19N3O2/c1-14-6-2-3-9-17(14)18(23)13-20-19(24)15-7-4-8-16(12-15)22-11-5-10-21-22/h2-12,18,23H,13H2,1H3,(H,20,24). The van der Waals surface area contributed by atoms with Gasteiger partial charge < -0.3 is 10.4 Å². The monoisotopic (exact) mass is 321 g/mol. The Labute approximate surface area is 140 Å². The molecular formula is C19H19N3O2.